The first kappa shape index (κ1) is 17.4. The Morgan fingerprint density at radius 2 is 1.92 bits per heavy atom. The standard InChI is InChI=1S/C6H5FN4OS.C5H7FN4O/c1-12-5-8-2-3(7)4-9-10-6(13)11(4)5;1-11-5-8-2-3(6)4(9-5)10-7/h2H,1H3,(H,10,13);2H,7H2,1H3,(H,8,9,10). The highest BCUT2D eigenvalue weighted by Crippen LogP contribution is 2.12. The lowest BCUT2D eigenvalue weighted by Crippen LogP contribution is -2.11. The molecular formula is C11H12F2N8O2S. The molecule has 0 saturated heterocycles. The lowest BCUT2D eigenvalue weighted by molar-refractivity contribution is 0.370. The van der Waals surface area contributed by atoms with Crippen LogP contribution in [0.15, 0.2) is 12.4 Å². The fourth-order valence-electron chi connectivity index (χ4n) is 1.56. The number of ether oxygens (including phenoxy) is 2. The van der Waals surface area contributed by atoms with Crippen molar-refractivity contribution in [2.24, 2.45) is 5.84 Å². The number of hydrogen-bond acceptors (Lipinski definition) is 9. The minimum Gasteiger partial charge on any atom is -0.468 e. The van der Waals surface area contributed by atoms with Crippen molar-refractivity contribution in [2.45, 2.75) is 0 Å². The number of nitrogen functional groups attached to an aromatic ring is 1. The Labute approximate surface area is 138 Å². The first-order chi connectivity index (χ1) is 11.5. The highest BCUT2D eigenvalue weighted by atomic mass is 32.1. The number of hydrazine groups is 1. The van der Waals surface area contributed by atoms with Crippen molar-refractivity contribution in [2.75, 3.05) is 19.6 Å². The van der Waals surface area contributed by atoms with Crippen LogP contribution in [0.4, 0.5) is 14.6 Å². The number of nitrogens with two attached hydrogens (primary N) is 1. The molecule has 0 amide bonds. The molecule has 0 bridgehead atoms. The number of methoxy groups -OCH3 is 2. The number of nitrogens with zero attached hydrogens (tertiary/aromatic N) is 5. The smallest absolute Gasteiger partial charge is 0.318 e. The van der Waals surface area contributed by atoms with Gasteiger partial charge in [-0.1, -0.05) is 0 Å². The molecule has 0 saturated carbocycles. The van der Waals surface area contributed by atoms with Crippen molar-refractivity contribution in [3.05, 3.63) is 28.8 Å². The van der Waals surface area contributed by atoms with Gasteiger partial charge in [-0.05, 0) is 12.2 Å². The third-order valence-corrected chi connectivity index (χ3v) is 2.86. The van der Waals surface area contributed by atoms with Crippen LogP contribution in [0, 0.1) is 16.4 Å². The second-order valence-electron chi connectivity index (χ2n) is 3.98. The summed E-state index contributed by atoms with van der Waals surface area (Å²) < 4.78 is 36.7. The SMILES string of the molecule is COc1ncc(F)c(NN)n1.COc1ncc(F)c2n[nH]c(=S)n12. The molecule has 0 aromatic carbocycles. The normalized spacial score (nSPS) is 10.0. The van der Waals surface area contributed by atoms with E-state index in [0.717, 1.165) is 12.4 Å². The van der Waals surface area contributed by atoms with Crippen LogP contribution in [-0.2, 0) is 0 Å². The summed E-state index contributed by atoms with van der Waals surface area (Å²) >= 11 is 4.86. The number of H-pyrrole nitrogens is 1. The number of rotatable bonds is 3. The number of nitrogens with one attached hydrogen (secondary N) is 2. The molecule has 3 heterocycles. The van der Waals surface area contributed by atoms with E-state index >= 15 is 0 Å². The predicted molar refractivity (Wildman–Crippen MR) is 81.0 cm³/mol. The van der Waals surface area contributed by atoms with E-state index in [1.807, 2.05) is 0 Å². The number of hydrogen-bond donors (Lipinski definition) is 3. The minimum atomic E-state index is -0.617. The lowest BCUT2D eigenvalue weighted by Gasteiger charge is -2.01. The van der Waals surface area contributed by atoms with Crippen molar-refractivity contribution in [1.29, 1.82) is 0 Å². The number of halogens is 2. The van der Waals surface area contributed by atoms with Crippen LogP contribution in [0.5, 0.6) is 12.0 Å². The van der Waals surface area contributed by atoms with Gasteiger partial charge in [0.05, 0.1) is 26.6 Å². The van der Waals surface area contributed by atoms with Crippen LogP contribution >= 0.6 is 12.2 Å². The quantitative estimate of drug-likeness (QED) is 0.354. The summed E-state index contributed by atoms with van der Waals surface area (Å²) in [4.78, 5) is 10.8. The Kier molecular flexibility index (Phi) is 5.49. The van der Waals surface area contributed by atoms with Crippen LogP contribution in [0.25, 0.3) is 5.65 Å². The van der Waals surface area contributed by atoms with Crippen LogP contribution < -0.4 is 20.7 Å². The second kappa shape index (κ2) is 7.56. The van der Waals surface area contributed by atoms with Gasteiger partial charge in [-0.2, -0.15) is 10.1 Å². The Morgan fingerprint density at radius 3 is 2.54 bits per heavy atom. The molecule has 3 aromatic heterocycles. The molecule has 4 N–H and O–H groups in total. The van der Waals surface area contributed by atoms with Crippen molar-refractivity contribution in [3.63, 3.8) is 0 Å². The maximum Gasteiger partial charge on any atom is 0.318 e. The van der Waals surface area contributed by atoms with Gasteiger partial charge < -0.3 is 14.9 Å². The zero-order chi connectivity index (χ0) is 17.7. The summed E-state index contributed by atoms with van der Waals surface area (Å²) in [5, 5.41) is 6.13. The third kappa shape index (κ3) is 3.52. The molecule has 0 unspecified atom stereocenters. The average molecular weight is 358 g/mol. The Bertz CT molecular complexity index is 899. The van der Waals surface area contributed by atoms with E-state index in [-0.39, 0.29) is 28.3 Å². The zero-order valence-corrected chi connectivity index (χ0v) is 13.3. The maximum atomic E-state index is 13.0. The molecule has 3 rings (SSSR count). The lowest BCUT2D eigenvalue weighted by atomic mass is 10.6. The molecule has 24 heavy (non-hydrogen) atoms. The fourth-order valence-corrected chi connectivity index (χ4v) is 1.77. The second-order valence-corrected chi connectivity index (χ2v) is 4.36. The Hall–Kier alpha value is -2.93. The zero-order valence-electron chi connectivity index (χ0n) is 12.4. The van der Waals surface area contributed by atoms with E-state index in [1.54, 1.807) is 0 Å². The average Bonchev–Trinajstić information content (AvgIpc) is 2.99. The van der Waals surface area contributed by atoms with Crippen molar-refractivity contribution in [1.82, 2.24) is 29.5 Å². The van der Waals surface area contributed by atoms with Gasteiger partial charge in [0.2, 0.25) is 10.4 Å². The summed E-state index contributed by atoms with van der Waals surface area (Å²) in [6.45, 7) is 0. The van der Waals surface area contributed by atoms with E-state index in [1.165, 1.54) is 18.6 Å². The third-order valence-electron chi connectivity index (χ3n) is 2.59. The summed E-state index contributed by atoms with van der Waals surface area (Å²) in [5.74, 6) is 3.69. The van der Waals surface area contributed by atoms with Gasteiger partial charge in [0.25, 0.3) is 0 Å². The molecule has 10 nitrogen and oxygen atoms in total. The first-order valence-corrected chi connectivity index (χ1v) is 6.61. The summed E-state index contributed by atoms with van der Waals surface area (Å²) in [5.41, 5.74) is 2.14. The molecule has 0 spiro atoms. The molecule has 0 fully saturated rings. The fraction of sp³-hybridized carbons (Fsp3) is 0.182. The number of aromatic amines is 1. The van der Waals surface area contributed by atoms with Gasteiger partial charge in [-0.25, -0.2) is 29.0 Å². The predicted octanol–water partition coefficient (Wildman–Crippen LogP) is 0.844. The molecule has 0 aliphatic heterocycles. The minimum absolute atomic E-state index is 0.0688. The molecule has 13 heteroatoms. The van der Waals surface area contributed by atoms with Crippen molar-refractivity contribution in [3.8, 4) is 12.0 Å². The van der Waals surface area contributed by atoms with Crippen molar-refractivity contribution >= 4 is 23.7 Å². The van der Waals surface area contributed by atoms with Gasteiger partial charge >= 0.3 is 12.0 Å². The molecule has 0 aliphatic carbocycles. The van der Waals surface area contributed by atoms with Crippen LogP contribution in [-0.4, -0.2) is 43.8 Å². The van der Waals surface area contributed by atoms with Crippen molar-refractivity contribution < 1.29 is 18.3 Å². The van der Waals surface area contributed by atoms with E-state index in [9.17, 15) is 8.78 Å². The van der Waals surface area contributed by atoms with E-state index in [2.05, 4.69) is 35.3 Å². The maximum absolute atomic E-state index is 13.0. The first-order valence-electron chi connectivity index (χ1n) is 6.20. The summed E-state index contributed by atoms with van der Waals surface area (Å²) in [6.07, 6.45) is 2.00. The summed E-state index contributed by atoms with van der Waals surface area (Å²) in [7, 11) is 2.81. The molecule has 3 aromatic rings. The number of anilines is 1. The van der Waals surface area contributed by atoms with Crippen LogP contribution in [0.1, 0.15) is 0 Å². The monoisotopic (exact) mass is 358 g/mol. The summed E-state index contributed by atoms with van der Waals surface area (Å²) in [6, 6.07) is 0.273. The number of fused-ring (bicyclic) bond motifs is 1. The largest absolute Gasteiger partial charge is 0.468 e. The van der Waals surface area contributed by atoms with Gasteiger partial charge in [-0.15, -0.1) is 0 Å². The van der Waals surface area contributed by atoms with Crippen LogP contribution in [0.2, 0.25) is 0 Å². The highest BCUT2D eigenvalue weighted by Gasteiger charge is 2.09. The topological polar surface area (TPSA) is 128 Å². The number of aromatic nitrogens is 6. The highest BCUT2D eigenvalue weighted by molar-refractivity contribution is 7.71. The van der Waals surface area contributed by atoms with Crippen LogP contribution in [0.3, 0.4) is 0 Å². The Morgan fingerprint density at radius 1 is 1.21 bits per heavy atom. The van der Waals surface area contributed by atoms with Gasteiger partial charge in [-0.3, -0.25) is 5.10 Å². The molecule has 0 radical (unpaired) electrons. The molecule has 0 aliphatic rings. The van der Waals surface area contributed by atoms with Gasteiger partial charge in [0, 0.05) is 0 Å². The van der Waals surface area contributed by atoms with E-state index in [4.69, 9.17) is 22.8 Å². The van der Waals surface area contributed by atoms with Gasteiger partial charge in [0.15, 0.2) is 17.5 Å². The molecule has 128 valence electrons. The molecular weight excluding hydrogens is 346 g/mol. The van der Waals surface area contributed by atoms with E-state index in [0.29, 0.717) is 0 Å². The Balaban J connectivity index is 0.000000177. The van der Waals surface area contributed by atoms with Gasteiger partial charge in [0.1, 0.15) is 0 Å². The van der Waals surface area contributed by atoms with E-state index < -0.39 is 11.6 Å². The molecule has 0 atom stereocenters.